The number of aromatic nitrogens is 2. The number of phenols is 1. The molecule has 166 valence electrons. The van der Waals surface area contributed by atoms with Crippen molar-refractivity contribution in [2.24, 2.45) is 0 Å². The topological polar surface area (TPSA) is 78.3 Å². The summed E-state index contributed by atoms with van der Waals surface area (Å²) in [6, 6.07) is 7.96. The summed E-state index contributed by atoms with van der Waals surface area (Å²) in [6.45, 7) is 3.73. The Labute approximate surface area is 176 Å². The number of aromatic hydroxyl groups is 1. The third-order valence-corrected chi connectivity index (χ3v) is 5.26. The maximum Gasteiger partial charge on any atom is 0.418 e. The molecular formula is C22H23F4N3O2. The summed E-state index contributed by atoms with van der Waals surface area (Å²) in [4.78, 5) is 8.36. The van der Waals surface area contributed by atoms with Gasteiger partial charge in [0, 0.05) is 28.5 Å². The lowest BCUT2D eigenvalue weighted by molar-refractivity contribution is -0.260. The molecule has 5 nitrogen and oxygen atoms in total. The van der Waals surface area contributed by atoms with Crippen LogP contribution in [0.1, 0.15) is 31.5 Å². The SMILES string of the molecule is Cc1ccc2c(NCC(O)(CC(C)(C)c3cc(F)ccc3O)C(F)(F)F)ccnc2n1. The van der Waals surface area contributed by atoms with Crippen molar-refractivity contribution in [3.63, 3.8) is 0 Å². The number of nitrogens with zero attached hydrogens (tertiary/aromatic N) is 2. The van der Waals surface area contributed by atoms with Crippen molar-refractivity contribution in [1.29, 1.82) is 0 Å². The fourth-order valence-electron chi connectivity index (χ4n) is 3.66. The highest BCUT2D eigenvalue weighted by Crippen LogP contribution is 2.43. The number of phenolic OH excluding ortho intramolecular Hbond substituents is 1. The zero-order valence-corrected chi connectivity index (χ0v) is 17.3. The van der Waals surface area contributed by atoms with Gasteiger partial charge in [0.05, 0.1) is 6.54 Å². The Morgan fingerprint density at radius 3 is 2.45 bits per heavy atom. The van der Waals surface area contributed by atoms with Crippen molar-refractivity contribution in [2.45, 2.75) is 44.4 Å². The number of rotatable bonds is 6. The lowest BCUT2D eigenvalue weighted by atomic mass is 9.74. The Kier molecular flexibility index (Phi) is 5.84. The minimum atomic E-state index is -4.99. The molecule has 9 heteroatoms. The number of halogens is 4. The number of hydrogen-bond acceptors (Lipinski definition) is 5. The summed E-state index contributed by atoms with van der Waals surface area (Å²) < 4.78 is 55.5. The fraction of sp³-hybridized carbons (Fsp3) is 0.364. The summed E-state index contributed by atoms with van der Waals surface area (Å²) in [5.74, 6) is -1.04. The van der Waals surface area contributed by atoms with Crippen molar-refractivity contribution in [2.75, 3.05) is 11.9 Å². The Balaban J connectivity index is 1.92. The van der Waals surface area contributed by atoms with E-state index in [0.29, 0.717) is 22.4 Å². The lowest BCUT2D eigenvalue weighted by Crippen LogP contribution is -2.53. The molecule has 3 N–H and O–H groups in total. The van der Waals surface area contributed by atoms with Gasteiger partial charge in [-0.3, -0.25) is 0 Å². The molecule has 2 heterocycles. The van der Waals surface area contributed by atoms with Crippen LogP contribution in [0.2, 0.25) is 0 Å². The van der Waals surface area contributed by atoms with Gasteiger partial charge >= 0.3 is 6.18 Å². The van der Waals surface area contributed by atoms with Crippen LogP contribution < -0.4 is 5.32 Å². The standard InChI is InChI=1S/C22H23F4N3O2/c1-13-4-6-15-17(8-9-27-19(15)29-13)28-12-21(31,22(24,25)26)11-20(2,3)16-10-14(23)5-7-18(16)30/h4-10,30-31H,11-12H2,1-3H3,(H,27,28,29). The van der Waals surface area contributed by atoms with E-state index in [9.17, 15) is 27.8 Å². The number of aliphatic hydroxyl groups is 1. The molecule has 0 spiro atoms. The van der Waals surface area contributed by atoms with Crippen molar-refractivity contribution < 1.29 is 27.8 Å². The molecule has 1 atom stereocenters. The second-order valence-corrected chi connectivity index (χ2v) is 8.29. The summed E-state index contributed by atoms with van der Waals surface area (Å²) in [5.41, 5.74) is -3.16. The second-order valence-electron chi connectivity index (χ2n) is 8.29. The van der Waals surface area contributed by atoms with Gasteiger partial charge in [-0.2, -0.15) is 13.2 Å². The highest BCUT2D eigenvalue weighted by atomic mass is 19.4. The molecule has 0 bridgehead atoms. The number of pyridine rings is 2. The summed E-state index contributed by atoms with van der Waals surface area (Å²) >= 11 is 0. The Hall–Kier alpha value is -2.94. The van der Waals surface area contributed by atoms with Crippen molar-refractivity contribution in [3.05, 3.63) is 59.7 Å². The Bertz CT molecular complexity index is 1100. The number of hydrogen-bond donors (Lipinski definition) is 3. The summed E-state index contributed by atoms with van der Waals surface area (Å²) in [7, 11) is 0. The van der Waals surface area contributed by atoms with E-state index in [-0.39, 0.29) is 11.3 Å². The van der Waals surface area contributed by atoms with E-state index in [1.54, 1.807) is 19.1 Å². The number of nitrogens with one attached hydrogen (secondary N) is 1. The molecule has 0 saturated heterocycles. The van der Waals surface area contributed by atoms with Gasteiger partial charge in [-0.25, -0.2) is 14.4 Å². The molecular weight excluding hydrogens is 414 g/mol. The summed E-state index contributed by atoms with van der Waals surface area (Å²) in [5, 5.41) is 23.9. The molecule has 0 fully saturated rings. The van der Waals surface area contributed by atoms with Crippen LogP contribution in [0, 0.1) is 12.7 Å². The van der Waals surface area contributed by atoms with Crippen molar-refractivity contribution in [1.82, 2.24) is 9.97 Å². The average molecular weight is 437 g/mol. The number of fused-ring (bicyclic) bond motifs is 1. The zero-order chi connectivity index (χ0) is 23.0. The number of benzene rings is 1. The van der Waals surface area contributed by atoms with Crippen LogP contribution in [-0.2, 0) is 5.41 Å². The molecule has 0 aliphatic rings. The van der Waals surface area contributed by atoms with E-state index < -0.39 is 36.0 Å². The zero-order valence-electron chi connectivity index (χ0n) is 17.3. The van der Waals surface area contributed by atoms with Crippen LogP contribution in [0.5, 0.6) is 5.75 Å². The smallest absolute Gasteiger partial charge is 0.418 e. The highest BCUT2D eigenvalue weighted by molar-refractivity contribution is 5.88. The van der Waals surface area contributed by atoms with Crippen LogP contribution in [0.15, 0.2) is 42.6 Å². The largest absolute Gasteiger partial charge is 0.508 e. The van der Waals surface area contributed by atoms with Gasteiger partial charge < -0.3 is 15.5 Å². The first-order chi connectivity index (χ1) is 14.3. The van der Waals surface area contributed by atoms with E-state index in [0.717, 1.165) is 18.2 Å². The third kappa shape index (κ3) is 4.71. The van der Waals surface area contributed by atoms with Gasteiger partial charge in [-0.15, -0.1) is 0 Å². The predicted octanol–water partition coefficient (Wildman–Crippen LogP) is 4.86. The van der Waals surface area contributed by atoms with Crippen LogP contribution in [-0.4, -0.2) is 38.5 Å². The molecule has 31 heavy (non-hydrogen) atoms. The van der Waals surface area contributed by atoms with Crippen LogP contribution in [0.4, 0.5) is 23.2 Å². The minimum absolute atomic E-state index is 0.0239. The van der Waals surface area contributed by atoms with Crippen LogP contribution in [0.25, 0.3) is 11.0 Å². The Morgan fingerprint density at radius 2 is 1.77 bits per heavy atom. The average Bonchev–Trinajstić information content (AvgIpc) is 2.66. The van der Waals surface area contributed by atoms with E-state index >= 15 is 0 Å². The van der Waals surface area contributed by atoms with Crippen molar-refractivity contribution >= 4 is 16.7 Å². The maximum absolute atomic E-state index is 13.9. The number of aryl methyl sites for hydroxylation is 1. The van der Waals surface area contributed by atoms with E-state index in [4.69, 9.17) is 0 Å². The molecule has 2 aromatic heterocycles. The molecule has 0 saturated carbocycles. The van der Waals surface area contributed by atoms with Gasteiger partial charge in [-0.05, 0) is 55.2 Å². The van der Waals surface area contributed by atoms with Gasteiger partial charge in [0.2, 0.25) is 0 Å². The predicted molar refractivity (Wildman–Crippen MR) is 109 cm³/mol. The first-order valence-corrected chi connectivity index (χ1v) is 9.57. The normalized spacial score (nSPS) is 14.5. The third-order valence-electron chi connectivity index (χ3n) is 5.26. The minimum Gasteiger partial charge on any atom is -0.508 e. The molecule has 3 rings (SSSR count). The van der Waals surface area contributed by atoms with E-state index in [1.165, 1.54) is 26.1 Å². The Morgan fingerprint density at radius 1 is 1.06 bits per heavy atom. The molecule has 0 aliphatic heterocycles. The quantitative estimate of drug-likeness (QED) is 0.480. The molecule has 0 aliphatic carbocycles. The molecule has 0 amide bonds. The lowest BCUT2D eigenvalue weighted by Gasteiger charge is -2.38. The summed E-state index contributed by atoms with van der Waals surface area (Å²) in [6.07, 6.45) is -4.38. The highest BCUT2D eigenvalue weighted by Gasteiger charge is 2.56. The van der Waals surface area contributed by atoms with Gasteiger partial charge in [0.1, 0.15) is 11.6 Å². The number of anilines is 1. The first-order valence-electron chi connectivity index (χ1n) is 9.57. The molecule has 3 aromatic rings. The molecule has 1 aromatic carbocycles. The van der Waals surface area contributed by atoms with Crippen molar-refractivity contribution in [3.8, 4) is 5.75 Å². The molecule has 0 radical (unpaired) electrons. The number of alkyl halides is 3. The molecule has 1 unspecified atom stereocenters. The first kappa shape index (κ1) is 22.7. The van der Waals surface area contributed by atoms with Crippen LogP contribution >= 0.6 is 0 Å². The van der Waals surface area contributed by atoms with Gasteiger partial charge in [0.25, 0.3) is 0 Å². The van der Waals surface area contributed by atoms with Gasteiger partial charge in [-0.1, -0.05) is 13.8 Å². The fourth-order valence-corrected chi connectivity index (χ4v) is 3.66. The van der Waals surface area contributed by atoms with Gasteiger partial charge in [0.15, 0.2) is 11.2 Å². The maximum atomic E-state index is 13.9. The van der Waals surface area contributed by atoms with Crippen LogP contribution in [0.3, 0.4) is 0 Å². The second kappa shape index (κ2) is 7.96. The van der Waals surface area contributed by atoms with E-state index in [2.05, 4.69) is 15.3 Å². The monoisotopic (exact) mass is 437 g/mol. The van der Waals surface area contributed by atoms with E-state index in [1.807, 2.05) is 0 Å².